The van der Waals surface area contributed by atoms with Crippen LogP contribution in [0.3, 0.4) is 0 Å². The normalized spacial score (nSPS) is 35.2. The molecule has 1 heterocycles. The fraction of sp³-hybridized carbons (Fsp3) is 0.857. The first-order valence-electron chi connectivity index (χ1n) is 3.40. The molecular weight excluding hydrogens is 114 g/mol. The minimum Gasteiger partial charge on any atom is -0.393 e. The highest BCUT2D eigenvalue weighted by Gasteiger charge is 2.16. The smallest absolute Gasteiger partial charge is 0.125 e. The Balaban J connectivity index is 2.56. The maximum absolute atomic E-state index is 5.05. The van der Waals surface area contributed by atoms with Crippen LogP contribution in [0.15, 0.2) is 5.16 Å². The molecule has 1 aliphatic rings. The Bertz CT molecular complexity index is 131. The summed E-state index contributed by atoms with van der Waals surface area (Å²) in [6.07, 6.45) is 1.42. The summed E-state index contributed by atoms with van der Waals surface area (Å²) in [5.74, 6) is 0.605. The summed E-state index contributed by atoms with van der Waals surface area (Å²) in [5, 5.41) is 3.91. The lowest BCUT2D eigenvalue weighted by Crippen LogP contribution is -2.21. The fourth-order valence-electron chi connectivity index (χ4n) is 0.975. The SMILES string of the molecule is CC1=NOC(C)CC1C. The summed E-state index contributed by atoms with van der Waals surface area (Å²) in [5.41, 5.74) is 1.12. The predicted molar refractivity (Wildman–Crippen MR) is 37.4 cm³/mol. The molecule has 2 atom stereocenters. The summed E-state index contributed by atoms with van der Waals surface area (Å²) in [6.45, 7) is 6.24. The zero-order valence-electron chi connectivity index (χ0n) is 6.22. The molecule has 0 saturated carbocycles. The van der Waals surface area contributed by atoms with E-state index in [1.807, 2.05) is 13.8 Å². The number of nitrogens with zero attached hydrogens (tertiary/aromatic N) is 1. The lowest BCUT2D eigenvalue weighted by Gasteiger charge is -2.21. The third-order valence-corrected chi connectivity index (χ3v) is 1.78. The molecule has 0 aromatic rings. The van der Waals surface area contributed by atoms with Gasteiger partial charge in [-0.05, 0) is 20.3 Å². The molecule has 1 rings (SSSR count). The van der Waals surface area contributed by atoms with Crippen LogP contribution in [0.1, 0.15) is 27.2 Å². The van der Waals surface area contributed by atoms with Gasteiger partial charge in [-0.3, -0.25) is 0 Å². The summed E-state index contributed by atoms with van der Waals surface area (Å²) < 4.78 is 0. The van der Waals surface area contributed by atoms with Crippen molar-refractivity contribution in [3.05, 3.63) is 0 Å². The zero-order chi connectivity index (χ0) is 6.85. The standard InChI is InChI=1S/C7H13NO/c1-5-4-6(2)9-8-7(5)3/h5-6H,4H2,1-3H3. The first kappa shape index (κ1) is 6.59. The van der Waals surface area contributed by atoms with E-state index in [1.165, 1.54) is 0 Å². The Morgan fingerprint density at radius 3 is 2.67 bits per heavy atom. The monoisotopic (exact) mass is 127 g/mol. The van der Waals surface area contributed by atoms with Gasteiger partial charge in [0, 0.05) is 5.92 Å². The van der Waals surface area contributed by atoms with Gasteiger partial charge in [-0.1, -0.05) is 12.1 Å². The van der Waals surface area contributed by atoms with Crippen LogP contribution in [0, 0.1) is 5.92 Å². The van der Waals surface area contributed by atoms with Gasteiger partial charge >= 0.3 is 0 Å². The maximum atomic E-state index is 5.05. The molecule has 0 N–H and O–H groups in total. The summed E-state index contributed by atoms with van der Waals surface area (Å²) in [7, 11) is 0. The van der Waals surface area contributed by atoms with E-state index in [4.69, 9.17) is 4.84 Å². The van der Waals surface area contributed by atoms with Crippen LogP contribution in [0.4, 0.5) is 0 Å². The molecule has 2 heteroatoms. The predicted octanol–water partition coefficient (Wildman–Crippen LogP) is 1.81. The molecule has 0 spiro atoms. The lowest BCUT2D eigenvalue weighted by atomic mass is 9.99. The second kappa shape index (κ2) is 2.38. The minimum atomic E-state index is 0.309. The van der Waals surface area contributed by atoms with Crippen molar-refractivity contribution in [2.45, 2.75) is 33.3 Å². The van der Waals surface area contributed by atoms with Crippen molar-refractivity contribution < 1.29 is 4.84 Å². The highest BCUT2D eigenvalue weighted by atomic mass is 16.6. The van der Waals surface area contributed by atoms with E-state index in [-0.39, 0.29) is 0 Å². The van der Waals surface area contributed by atoms with Gasteiger partial charge in [-0.15, -0.1) is 0 Å². The largest absolute Gasteiger partial charge is 0.393 e. The van der Waals surface area contributed by atoms with Gasteiger partial charge in [0.05, 0.1) is 5.71 Å². The van der Waals surface area contributed by atoms with Gasteiger partial charge in [0.15, 0.2) is 0 Å². The van der Waals surface area contributed by atoms with Crippen LogP contribution in [0.25, 0.3) is 0 Å². The van der Waals surface area contributed by atoms with Crippen molar-refractivity contribution in [2.24, 2.45) is 11.1 Å². The van der Waals surface area contributed by atoms with Gasteiger partial charge in [-0.2, -0.15) is 0 Å². The van der Waals surface area contributed by atoms with E-state index < -0.39 is 0 Å². The molecule has 0 radical (unpaired) electrons. The van der Waals surface area contributed by atoms with Gasteiger partial charge < -0.3 is 4.84 Å². The summed E-state index contributed by atoms with van der Waals surface area (Å²) >= 11 is 0. The second-order valence-electron chi connectivity index (χ2n) is 2.79. The fourth-order valence-corrected chi connectivity index (χ4v) is 0.975. The van der Waals surface area contributed by atoms with E-state index in [9.17, 15) is 0 Å². The topological polar surface area (TPSA) is 21.6 Å². The average Bonchev–Trinajstić information content (AvgIpc) is 1.80. The van der Waals surface area contributed by atoms with E-state index in [0.29, 0.717) is 12.0 Å². The second-order valence-corrected chi connectivity index (χ2v) is 2.79. The number of hydrogen-bond donors (Lipinski definition) is 0. The van der Waals surface area contributed by atoms with Crippen LogP contribution in [-0.2, 0) is 4.84 Å². The lowest BCUT2D eigenvalue weighted by molar-refractivity contribution is 0.0465. The van der Waals surface area contributed by atoms with Crippen molar-refractivity contribution in [1.82, 2.24) is 0 Å². The minimum absolute atomic E-state index is 0.309. The van der Waals surface area contributed by atoms with Crippen LogP contribution in [-0.4, -0.2) is 11.8 Å². The third-order valence-electron chi connectivity index (χ3n) is 1.78. The quantitative estimate of drug-likeness (QED) is 0.486. The van der Waals surface area contributed by atoms with Crippen LogP contribution in [0.5, 0.6) is 0 Å². The molecule has 0 saturated heterocycles. The molecule has 0 bridgehead atoms. The van der Waals surface area contributed by atoms with Gasteiger partial charge in [0.1, 0.15) is 6.10 Å². The van der Waals surface area contributed by atoms with Crippen molar-refractivity contribution in [3.63, 3.8) is 0 Å². The van der Waals surface area contributed by atoms with E-state index in [1.54, 1.807) is 0 Å². The molecule has 0 aromatic carbocycles. The van der Waals surface area contributed by atoms with Crippen LogP contribution < -0.4 is 0 Å². The molecule has 9 heavy (non-hydrogen) atoms. The summed E-state index contributed by atoms with van der Waals surface area (Å²) in [6, 6.07) is 0. The molecule has 0 fully saturated rings. The van der Waals surface area contributed by atoms with Crippen LogP contribution >= 0.6 is 0 Å². The molecule has 52 valence electrons. The van der Waals surface area contributed by atoms with Gasteiger partial charge in [0.25, 0.3) is 0 Å². The van der Waals surface area contributed by atoms with Crippen molar-refractivity contribution in [2.75, 3.05) is 0 Å². The third kappa shape index (κ3) is 1.44. The first-order chi connectivity index (χ1) is 4.20. The molecule has 0 amide bonds. The van der Waals surface area contributed by atoms with E-state index in [2.05, 4.69) is 12.1 Å². The zero-order valence-corrected chi connectivity index (χ0v) is 6.22. The van der Waals surface area contributed by atoms with Crippen LogP contribution in [0.2, 0.25) is 0 Å². The Labute approximate surface area is 55.9 Å². The maximum Gasteiger partial charge on any atom is 0.125 e. The van der Waals surface area contributed by atoms with Gasteiger partial charge in [-0.25, -0.2) is 0 Å². The molecule has 2 unspecified atom stereocenters. The Morgan fingerprint density at radius 1 is 1.56 bits per heavy atom. The number of hydrogen-bond acceptors (Lipinski definition) is 2. The van der Waals surface area contributed by atoms with Crippen molar-refractivity contribution >= 4 is 5.71 Å². The number of oxime groups is 1. The van der Waals surface area contributed by atoms with Crippen molar-refractivity contribution in [1.29, 1.82) is 0 Å². The summed E-state index contributed by atoms with van der Waals surface area (Å²) in [4.78, 5) is 5.05. The molecule has 0 aromatic heterocycles. The Morgan fingerprint density at radius 2 is 2.22 bits per heavy atom. The Hall–Kier alpha value is -0.530. The van der Waals surface area contributed by atoms with E-state index in [0.717, 1.165) is 12.1 Å². The molecular formula is C7H13NO. The highest BCUT2D eigenvalue weighted by molar-refractivity contribution is 5.83. The highest BCUT2D eigenvalue weighted by Crippen LogP contribution is 2.16. The van der Waals surface area contributed by atoms with E-state index >= 15 is 0 Å². The molecule has 0 aliphatic carbocycles. The molecule has 1 aliphatic heterocycles. The molecule has 2 nitrogen and oxygen atoms in total. The number of rotatable bonds is 0. The van der Waals surface area contributed by atoms with Gasteiger partial charge in [0.2, 0.25) is 0 Å². The van der Waals surface area contributed by atoms with Crippen molar-refractivity contribution in [3.8, 4) is 0 Å². The average molecular weight is 127 g/mol. The first-order valence-corrected chi connectivity index (χ1v) is 3.40. The Kier molecular flexibility index (Phi) is 1.74.